The Bertz CT molecular complexity index is 955. The Hall–Kier alpha value is -2.75. The molecule has 0 aliphatic carbocycles. The fourth-order valence-electron chi connectivity index (χ4n) is 4.16. The second kappa shape index (κ2) is 7.10. The van der Waals surface area contributed by atoms with Crippen molar-refractivity contribution < 1.29 is 4.79 Å². The lowest BCUT2D eigenvalue weighted by Crippen LogP contribution is -2.36. The van der Waals surface area contributed by atoms with Gasteiger partial charge in [0.05, 0.1) is 0 Å². The van der Waals surface area contributed by atoms with Gasteiger partial charge in [-0.3, -0.25) is 4.79 Å². The lowest BCUT2D eigenvalue weighted by Gasteiger charge is -2.29. The molecule has 4 heteroatoms. The van der Waals surface area contributed by atoms with E-state index in [1.54, 1.807) is 0 Å². The van der Waals surface area contributed by atoms with Gasteiger partial charge >= 0.3 is 0 Å². The molecular weight excluding hydrogens is 334 g/mol. The first kappa shape index (κ1) is 17.7. The van der Waals surface area contributed by atoms with Crippen LogP contribution in [0.5, 0.6) is 0 Å². The molecule has 0 spiro atoms. The number of hydrogen-bond acceptors (Lipinski definition) is 2. The number of H-pyrrole nitrogens is 1. The molecule has 1 amide bonds. The summed E-state index contributed by atoms with van der Waals surface area (Å²) in [5, 5.41) is 1.23. The maximum absolute atomic E-state index is 13.1. The lowest BCUT2D eigenvalue weighted by atomic mass is 10.0. The van der Waals surface area contributed by atoms with E-state index < -0.39 is 0 Å². The van der Waals surface area contributed by atoms with Crippen molar-refractivity contribution in [3.63, 3.8) is 0 Å². The number of aromatic amines is 1. The Balaban J connectivity index is 1.55. The monoisotopic (exact) mass is 361 g/mol. The van der Waals surface area contributed by atoms with Crippen molar-refractivity contribution in [3.8, 4) is 0 Å². The first-order chi connectivity index (χ1) is 13.1. The molecule has 1 aliphatic rings. The third-order valence-corrected chi connectivity index (χ3v) is 5.58. The number of nitrogens with one attached hydrogen (secondary N) is 1. The Morgan fingerprint density at radius 3 is 2.59 bits per heavy atom. The summed E-state index contributed by atoms with van der Waals surface area (Å²) in [4.78, 5) is 20.9. The van der Waals surface area contributed by atoms with Crippen molar-refractivity contribution in [2.24, 2.45) is 0 Å². The van der Waals surface area contributed by atoms with Crippen molar-refractivity contribution in [3.05, 3.63) is 65.4 Å². The number of carbonyl (C=O) groups excluding carboxylic acids is 1. The van der Waals surface area contributed by atoms with Crippen molar-refractivity contribution in [2.45, 2.75) is 39.8 Å². The minimum atomic E-state index is 0.116. The molecular formula is C23H27N3O. The van der Waals surface area contributed by atoms with Gasteiger partial charge in [-0.2, -0.15) is 0 Å². The van der Waals surface area contributed by atoms with E-state index in [9.17, 15) is 4.79 Å². The molecule has 0 unspecified atom stereocenters. The number of nitrogens with zero attached hydrogens (tertiary/aromatic N) is 2. The van der Waals surface area contributed by atoms with Crippen LogP contribution in [0.4, 0.5) is 5.69 Å². The summed E-state index contributed by atoms with van der Waals surface area (Å²) in [6.45, 7) is 8.93. The normalized spacial score (nSPS) is 13.9. The van der Waals surface area contributed by atoms with E-state index in [4.69, 9.17) is 0 Å². The Kier molecular flexibility index (Phi) is 4.65. The van der Waals surface area contributed by atoms with Gasteiger partial charge in [-0.25, -0.2) is 0 Å². The number of benzene rings is 2. The van der Waals surface area contributed by atoms with Gasteiger partial charge in [-0.1, -0.05) is 18.2 Å². The molecule has 4 nitrogen and oxygen atoms in total. The molecule has 140 valence electrons. The maximum Gasteiger partial charge on any atom is 0.254 e. The van der Waals surface area contributed by atoms with Crippen LogP contribution in [0.1, 0.15) is 42.4 Å². The van der Waals surface area contributed by atoms with E-state index >= 15 is 0 Å². The second-order valence-corrected chi connectivity index (χ2v) is 7.53. The van der Waals surface area contributed by atoms with Crippen LogP contribution < -0.4 is 4.90 Å². The number of rotatable bonds is 4. The Labute approximate surface area is 160 Å². The molecule has 27 heavy (non-hydrogen) atoms. The average molecular weight is 361 g/mol. The van der Waals surface area contributed by atoms with Crippen molar-refractivity contribution in [1.29, 1.82) is 0 Å². The van der Waals surface area contributed by atoms with Crippen LogP contribution in [0.2, 0.25) is 0 Å². The summed E-state index contributed by atoms with van der Waals surface area (Å²) < 4.78 is 0. The number of para-hydroxylation sites is 1. The first-order valence-electron chi connectivity index (χ1n) is 9.83. The van der Waals surface area contributed by atoms with E-state index in [0.29, 0.717) is 12.6 Å². The first-order valence-corrected chi connectivity index (χ1v) is 9.83. The van der Waals surface area contributed by atoms with Crippen molar-refractivity contribution in [1.82, 2.24) is 9.88 Å². The summed E-state index contributed by atoms with van der Waals surface area (Å²) in [6, 6.07) is 16.9. The fraction of sp³-hybridized carbons (Fsp3) is 0.348. The van der Waals surface area contributed by atoms with E-state index in [-0.39, 0.29) is 5.91 Å². The zero-order valence-electron chi connectivity index (χ0n) is 16.3. The SMILES string of the molecule is CCN(c1ccc(C(=O)N2CCc3[nH]c4ccccc4c3C2)cc1)C(C)C. The smallest absolute Gasteiger partial charge is 0.254 e. The van der Waals surface area contributed by atoms with E-state index in [2.05, 4.69) is 61.0 Å². The van der Waals surface area contributed by atoms with Gasteiger partial charge in [-0.15, -0.1) is 0 Å². The zero-order valence-corrected chi connectivity index (χ0v) is 16.3. The largest absolute Gasteiger partial charge is 0.369 e. The number of anilines is 1. The van der Waals surface area contributed by atoms with E-state index in [1.807, 2.05) is 23.1 Å². The molecule has 1 aliphatic heterocycles. The lowest BCUT2D eigenvalue weighted by molar-refractivity contribution is 0.0735. The van der Waals surface area contributed by atoms with Crippen LogP contribution in [0.25, 0.3) is 10.9 Å². The standard InChI is InChI=1S/C23H27N3O/c1-4-26(16(2)3)18-11-9-17(10-12-18)23(27)25-14-13-22-20(15-25)19-7-5-6-8-21(19)24-22/h5-12,16,24H,4,13-15H2,1-3H3. The number of aromatic nitrogens is 1. The van der Waals surface area contributed by atoms with Gasteiger partial charge in [0.1, 0.15) is 0 Å². The molecule has 1 N–H and O–H groups in total. The van der Waals surface area contributed by atoms with E-state index in [0.717, 1.165) is 30.6 Å². The Morgan fingerprint density at radius 1 is 1.15 bits per heavy atom. The third kappa shape index (κ3) is 3.20. The quantitative estimate of drug-likeness (QED) is 0.737. The molecule has 0 radical (unpaired) electrons. The van der Waals surface area contributed by atoms with Crippen LogP contribution in [0.15, 0.2) is 48.5 Å². The highest BCUT2D eigenvalue weighted by atomic mass is 16.2. The minimum absolute atomic E-state index is 0.116. The number of fused-ring (bicyclic) bond motifs is 3. The van der Waals surface area contributed by atoms with Crippen LogP contribution in [0.3, 0.4) is 0 Å². The molecule has 0 bridgehead atoms. The van der Waals surface area contributed by atoms with Gasteiger partial charge in [0.2, 0.25) is 0 Å². The van der Waals surface area contributed by atoms with Crippen LogP contribution >= 0.6 is 0 Å². The molecule has 0 atom stereocenters. The average Bonchev–Trinajstić information content (AvgIpc) is 3.06. The molecule has 1 aromatic heterocycles. The molecule has 3 aromatic rings. The topological polar surface area (TPSA) is 39.3 Å². The number of hydrogen-bond donors (Lipinski definition) is 1. The summed E-state index contributed by atoms with van der Waals surface area (Å²) in [7, 11) is 0. The minimum Gasteiger partial charge on any atom is -0.369 e. The molecule has 4 rings (SSSR count). The maximum atomic E-state index is 13.1. The molecule has 2 heterocycles. The van der Waals surface area contributed by atoms with Gasteiger partial charge in [-0.05, 0) is 51.1 Å². The molecule has 0 saturated heterocycles. The Morgan fingerprint density at radius 2 is 1.89 bits per heavy atom. The zero-order chi connectivity index (χ0) is 19.0. The summed E-state index contributed by atoms with van der Waals surface area (Å²) >= 11 is 0. The van der Waals surface area contributed by atoms with Crippen LogP contribution in [0, 0.1) is 0 Å². The highest BCUT2D eigenvalue weighted by molar-refractivity contribution is 5.95. The molecule has 2 aromatic carbocycles. The summed E-state index contributed by atoms with van der Waals surface area (Å²) in [5.74, 6) is 0.116. The number of amides is 1. The van der Waals surface area contributed by atoms with Gasteiger partial charge < -0.3 is 14.8 Å². The number of carbonyl (C=O) groups is 1. The van der Waals surface area contributed by atoms with Crippen molar-refractivity contribution in [2.75, 3.05) is 18.0 Å². The highest BCUT2D eigenvalue weighted by Gasteiger charge is 2.24. The van der Waals surface area contributed by atoms with E-state index in [1.165, 1.54) is 22.3 Å². The molecule has 0 saturated carbocycles. The van der Waals surface area contributed by atoms with Crippen LogP contribution in [-0.2, 0) is 13.0 Å². The summed E-state index contributed by atoms with van der Waals surface area (Å²) in [6.07, 6.45) is 0.880. The van der Waals surface area contributed by atoms with Crippen LogP contribution in [-0.4, -0.2) is 34.9 Å². The van der Waals surface area contributed by atoms with Gasteiger partial charge in [0, 0.05) is 65.5 Å². The molecule has 0 fully saturated rings. The van der Waals surface area contributed by atoms with Crippen molar-refractivity contribution >= 4 is 22.5 Å². The highest BCUT2D eigenvalue weighted by Crippen LogP contribution is 2.28. The van der Waals surface area contributed by atoms with Gasteiger partial charge in [0.25, 0.3) is 5.91 Å². The fourth-order valence-corrected chi connectivity index (χ4v) is 4.16. The predicted molar refractivity (Wildman–Crippen MR) is 111 cm³/mol. The second-order valence-electron chi connectivity index (χ2n) is 7.53. The predicted octanol–water partition coefficient (Wildman–Crippen LogP) is 4.60. The third-order valence-electron chi connectivity index (χ3n) is 5.58. The summed E-state index contributed by atoms with van der Waals surface area (Å²) in [5.41, 5.74) is 5.63. The van der Waals surface area contributed by atoms with Gasteiger partial charge in [0.15, 0.2) is 0 Å².